The highest BCUT2D eigenvalue weighted by Gasteiger charge is 2.19. The smallest absolute Gasteiger partial charge is 0.157 e. The first-order chi connectivity index (χ1) is 12.2. The maximum absolute atomic E-state index is 4.73. The summed E-state index contributed by atoms with van der Waals surface area (Å²) in [6.07, 6.45) is 6.67. The van der Waals surface area contributed by atoms with Crippen molar-refractivity contribution in [3.63, 3.8) is 0 Å². The van der Waals surface area contributed by atoms with Gasteiger partial charge in [-0.1, -0.05) is 13.8 Å². The Morgan fingerprint density at radius 2 is 1.68 bits per heavy atom. The SMILES string of the molecule is CC(C)c1cc(N2CCCN(c3ccncc3)CC2)n2nccc2n1. The summed E-state index contributed by atoms with van der Waals surface area (Å²) in [7, 11) is 0. The van der Waals surface area contributed by atoms with Gasteiger partial charge in [0.25, 0.3) is 0 Å². The molecule has 130 valence electrons. The number of pyridine rings is 1. The molecule has 4 heterocycles. The van der Waals surface area contributed by atoms with E-state index >= 15 is 0 Å². The van der Waals surface area contributed by atoms with E-state index < -0.39 is 0 Å². The van der Waals surface area contributed by atoms with E-state index in [-0.39, 0.29) is 0 Å². The zero-order chi connectivity index (χ0) is 17.2. The second-order valence-electron chi connectivity index (χ2n) is 6.83. The van der Waals surface area contributed by atoms with E-state index in [0.29, 0.717) is 5.92 Å². The molecule has 0 bridgehead atoms. The molecule has 1 aliphatic heterocycles. The van der Waals surface area contributed by atoms with Gasteiger partial charge in [-0.05, 0) is 24.5 Å². The van der Waals surface area contributed by atoms with E-state index in [0.717, 1.165) is 49.8 Å². The Labute approximate surface area is 148 Å². The molecule has 1 fully saturated rings. The van der Waals surface area contributed by atoms with Gasteiger partial charge in [0, 0.05) is 62.1 Å². The fourth-order valence-corrected chi connectivity index (χ4v) is 3.40. The fourth-order valence-electron chi connectivity index (χ4n) is 3.40. The molecule has 6 nitrogen and oxygen atoms in total. The zero-order valence-electron chi connectivity index (χ0n) is 14.8. The largest absolute Gasteiger partial charge is 0.370 e. The topological polar surface area (TPSA) is 49.6 Å². The van der Waals surface area contributed by atoms with E-state index in [1.165, 1.54) is 5.69 Å². The predicted octanol–water partition coefficient (Wildman–Crippen LogP) is 2.96. The van der Waals surface area contributed by atoms with Gasteiger partial charge in [-0.2, -0.15) is 9.61 Å². The average molecular weight is 336 g/mol. The second-order valence-corrected chi connectivity index (χ2v) is 6.83. The van der Waals surface area contributed by atoms with Gasteiger partial charge in [-0.3, -0.25) is 4.98 Å². The monoisotopic (exact) mass is 336 g/mol. The highest BCUT2D eigenvalue weighted by Crippen LogP contribution is 2.24. The molecule has 3 aromatic rings. The van der Waals surface area contributed by atoms with Crippen LogP contribution in [-0.2, 0) is 0 Å². The molecular formula is C19H24N6. The quantitative estimate of drug-likeness (QED) is 0.736. The van der Waals surface area contributed by atoms with E-state index in [2.05, 4.69) is 51.9 Å². The molecule has 1 saturated heterocycles. The first-order valence-corrected chi connectivity index (χ1v) is 8.97. The highest BCUT2D eigenvalue weighted by molar-refractivity contribution is 5.52. The summed E-state index contributed by atoms with van der Waals surface area (Å²) in [6.45, 7) is 8.42. The lowest BCUT2D eigenvalue weighted by molar-refractivity contribution is 0.752. The van der Waals surface area contributed by atoms with Gasteiger partial charge in [0.05, 0.1) is 6.20 Å². The van der Waals surface area contributed by atoms with Crippen molar-refractivity contribution in [2.75, 3.05) is 36.0 Å². The molecule has 25 heavy (non-hydrogen) atoms. The summed E-state index contributed by atoms with van der Waals surface area (Å²) in [6, 6.07) is 8.36. The van der Waals surface area contributed by atoms with E-state index in [1.807, 2.05) is 29.2 Å². The van der Waals surface area contributed by atoms with Gasteiger partial charge in [0.1, 0.15) is 5.82 Å². The standard InChI is InChI=1S/C19H24N6/c1-15(2)17-14-19(25-18(22-17)6-9-21-25)24-11-3-10-23(12-13-24)16-4-7-20-8-5-16/h4-9,14-15H,3,10-13H2,1-2H3. The molecule has 0 aromatic carbocycles. The Morgan fingerprint density at radius 1 is 0.920 bits per heavy atom. The molecule has 0 spiro atoms. The van der Waals surface area contributed by atoms with Crippen molar-refractivity contribution in [1.82, 2.24) is 19.6 Å². The van der Waals surface area contributed by atoms with Crippen LogP contribution in [0.4, 0.5) is 11.5 Å². The van der Waals surface area contributed by atoms with Crippen molar-refractivity contribution in [1.29, 1.82) is 0 Å². The minimum absolute atomic E-state index is 0.402. The summed E-state index contributed by atoms with van der Waals surface area (Å²) in [5.41, 5.74) is 3.30. The maximum Gasteiger partial charge on any atom is 0.157 e. The number of fused-ring (bicyclic) bond motifs is 1. The normalized spacial score (nSPS) is 15.8. The summed E-state index contributed by atoms with van der Waals surface area (Å²) in [5, 5.41) is 4.49. The lowest BCUT2D eigenvalue weighted by Crippen LogP contribution is -2.32. The minimum atomic E-state index is 0.402. The molecule has 0 aliphatic carbocycles. The van der Waals surface area contributed by atoms with Crippen molar-refractivity contribution in [3.05, 3.63) is 48.5 Å². The van der Waals surface area contributed by atoms with Crippen LogP contribution in [0.1, 0.15) is 31.9 Å². The Bertz CT molecular complexity index is 842. The third-order valence-electron chi connectivity index (χ3n) is 4.80. The first-order valence-electron chi connectivity index (χ1n) is 8.97. The van der Waals surface area contributed by atoms with Crippen LogP contribution >= 0.6 is 0 Å². The minimum Gasteiger partial charge on any atom is -0.370 e. The number of anilines is 2. The summed E-state index contributed by atoms with van der Waals surface area (Å²) in [5.74, 6) is 1.55. The molecule has 4 rings (SSSR count). The van der Waals surface area contributed by atoms with Crippen LogP contribution in [-0.4, -0.2) is 45.8 Å². The highest BCUT2D eigenvalue weighted by atomic mass is 15.4. The number of aromatic nitrogens is 4. The van der Waals surface area contributed by atoms with E-state index in [4.69, 9.17) is 4.98 Å². The Balaban J connectivity index is 1.62. The molecule has 0 amide bonds. The third-order valence-corrected chi connectivity index (χ3v) is 4.80. The first kappa shape index (κ1) is 15.9. The summed E-state index contributed by atoms with van der Waals surface area (Å²) in [4.78, 5) is 13.7. The summed E-state index contributed by atoms with van der Waals surface area (Å²) < 4.78 is 1.97. The number of hydrogen-bond acceptors (Lipinski definition) is 5. The Kier molecular flexibility index (Phi) is 4.26. The molecule has 6 heteroatoms. The number of nitrogens with zero attached hydrogens (tertiary/aromatic N) is 6. The molecular weight excluding hydrogens is 312 g/mol. The van der Waals surface area contributed by atoms with Crippen molar-refractivity contribution < 1.29 is 0 Å². The van der Waals surface area contributed by atoms with Gasteiger partial charge in [0.2, 0.25) is 0 Å². The van der Waals surface area contributed by atoms with Crippen LogP contribution in [0.25, 0.3) is 5.65 Å². The van der Waals surface area contributed by atoms with Crippen LogP contribution in [0.15, 0.2) is 42.9 Å². The molecule has 1 aliphatic rings. The van der Waals surface area contributed by atoms with Gasteiger partial charge in [0.15, 0.2) is 5.65 Å². The van der Waals surface area contributed by atoms with E-state index in [1.54, 1.807) is 0 Å². The molecule has 0 saturated carbocycles. The van der Waals surface area contributed by atoms with Crippen LogP contribution in [0.3, 0.4) is 0 Å². The van der Waals surface area contributed by atoms with Crippen molar-refractivity contribution in [2.24, 2.45) is 0 Å². The average Bonchev–Trinajstić information content (AvgIpc) is 2.98. The predicted molar refractivity (Wildman–Crippen MR) is 100 cm³/mol. The van der Waals surface area contributed by atoms with E-state index in [9.17, 15) is 0 Å². The van der Waals surface area contributed by atoms with Gasteiger partial charge in [-0.15, -0.1) is 0 Å². The molecule has 0 N–H and O–H groups in total. The molecule has 3 aromatic heterocycles. The van der Waals surface area contributed by atoms with Gasteiger partial charge < -0.3 is 9.80 Å². The zero-order valence-corrected chi connectivity index (χ0v) is 14.8. The molecule has 0 radical (unpaired) electrons. The second kappa shape index (κ2) is 6.70. The molecule has 0 unspecified atom stereocenters. The third kappa shape index (κ3) is 3.16. The lowest BCUT2D eigenvalue weighted by Gasteiger charge is -2.25. The van der Waals surface area contributed by atoms with Gasteiger partial charge in [-0.25, -0.2) is 4.98 Å². The van der Waals surface area contributed by atoms with Crippen LogP contribution in [0.2, 0.25) is 0 Å². The maximum atomic E-state index is 4.73. The van der Waals surface area contributed by atoms with Gasteiger partial charge >= 0.3 is 0 Å². The number of hydrogen-bond donors (Lipinski definition) is 0. The van der Waals surface area contributed by atoms with Crippen molar-refractivity contribution in [3.8, 4) is 0 Å². The lowest BCUT2D eigenvalue weighted by atomic mass is 10.1. The Hall–Kier alpha value is -2.63. The number of rotatable bonds is 3. The molecule has 0 atom stereocenters. The van der Waals surface area contributed by atoms with Crippen LogP contribution in [0, 0.1) is 0 Å². The van der Waals surface area contributed by atoms with Crippen LogP contribution in [0.5, 0.6) is 0 Å². The van der Waals surface area contributed by atoms with Crippen molar-refractivity contribution in [2.45, 2.75) is 26.2 Å². The van der Waals surface area contributed by atoms with Crippen LogP contribution < -0.4 is 9.80 Å². The Morgan fingerprint density at radius 3 is 2.48 bits per heavy atom. The summed E-state index contributed by atoms with van der Waals surface area (Å²) >= 11 is 0. The fraction of sp³-hybridized carbons (Fsp3) is 0.421. The van der Waals surface area contributed by atoms with Crippen molar-refractivity contribution >= 4 is 17.2 Å².